The maximum atomic E-state index is 5.42. The lowest BCUT2D eigenvalue weighted by molar-refractivity contribution is 0.979. The zero-order chi connectivity index (χ0) is 40.5. The van der Waals surface area contributed by atoms with E-state index in [2.05, 4.69) is 235 Å². The van der Waals surface area contributed by atoms with E-state index >= 15 is 0 Å². The van der Waals surface area contributed by atoms with Crippen molar-refractivity contribution in [3.05, 3.63) is 237 Å². The van der Waals surface area contributed by atoms with Crippen molar-refractivity contribution < 1.29 is 0 Å². The maximum absolute atomic E-state index is 5.42. The third-order valence-electron chi connectivity index (χ3n) is 11.6. The first-order valence-electron chi connectivity index (χ1n) is 20.7. The molecule has 3 nitrogen and oxygen atoms in total. The van der Waals surface area contributed by atoms with Gasteiger partial charge in [-0.25, -0.2) is 9.50 Å². The second kappa shape index (κ2) is 15.6. The van der Waals surface area contributed by atoms with Gasteiger partial charge >= 0.3 is 0 Å². The van der Waals surface area contributed by atoms with Gasteiger partial charge in [-0.15, -0.1) is 0 Å². The smallest absolute Gasteiger partial charge is 0.101 e. The molecule has 3 heterocycles. The molecule has 0 aliphatic heterocycles. The lowest BCUT2D eigenvalue weighted by atomic mass is 9.94. The first kappa shape index (κ1) is 36.0. The zero-order valence-corrected chi connectivity index (χ0v) is 33.4. The zero-order valence-electron chi connectivity index (χ0n) is 33.4. The van der Waals surface area contributed by atoms with Crippen LogP contribution in [0.2, 0.25) is 0 Å². The third-order valence-corrected chi connectivity index (χ3v) is 11.6. The molecule has 0 saturated heterocycles. The molecule has 0 amide bonds. The van der Waals surface area contributed by atoms with Crippen molar-refractivity contribution in [3.8, 4) is 89.5 Å². The molecule has 3 heteroatoms. The van der Waals surface area contributed by atoms with E-state index in [-0.39, 0.29) is 0 Å². The summed E-state index contributed by atoms with van der Waals surface area (Å²) < 4.78 is 2.16. The second-order valence-electron chi connectivity index (χ2n) is 15.4. The summed E-state index contributed by atoms with van der Waals surface area (Å²) in [5.41, 5.74) is 18.6. The average molecular weight is 778 g/mol. The van der Waals surface area contributed by atoms with Crippen LogP contribution in [-0.2, 0) is 0 Å². The van der Waals surface area contributed by atoms with Gasteiger partial charge in [0.1, 0.15) is 5.69 Å². The van der Waals surface area contributed by atoms with Gasteiger partial charge in [-0.3, -0.25) is 0 Å². The average Bonchev–Trinajstić information content (AvgIpc) is 3.76. The normalized spacial score (nSPS) is 11.3. The number of rotatable bonds is 8. The Hall–Kier alpha value is -8.14. The summed E-state index contributed by atoms with van der Waals surface area (Å²) in [6, 6.07) is 84.0. The van der Waals surface area contributed by atoms with Crippen LogP contribution in [0.25, 0.3) is 106 Å². The summed E-state index contributed by atoms with van der Waals surface area (Å²) >= 11 is 0. The summed E-state index contributed by atoms with van der Waals surface area (Å²) in [6.07, 6.45) is 0. The summed E-state index contributed by atoms with van der Waals surface area (Å²) in [4.78, 5) is 5.19. The topological polar surface area (TPSA) is 30.2 Å². The van der Waals surface area contributed by atoms with Crippen LogP contribution in [-0.4, -0.2) is 14.6 Å². The minimum atomic E-state index is 0.943. The number of pyridine rings is 2. The van der Waals surface area contributed by atoms with Gasteiger partial charge in [-0.05, 0) is 68.6 Å². The highest BCUT2D eigenvalue weighted by atomic mass is 15.2. The third kappa shape index (κ3) is 6.88. The Labute approximate surface area is 355 Å². The van der Waals surface area contributed by atoms with E-state index in [1.165, 1.54) is 11.1 Å². The van der Waals surface area contributed by atoms with E-state index < -0.39 is 0 Å². The Morgan fingerprint density at radius 3 is 1.28 bits per heavy atom. The van der Waals surface area contributed by atoms with E-state index in [1.54, 1.807) is 0 Å². The number of benzene rings is 8. The summed E-state index contributed by atoms with van der Waals surface area (Å²) in [6.45, 7) is 0. The molecule has 0 atom stereocenters. The largest absolute Gasteiger partial charge is 0.248 e. The van der Waals surface area contributed by atoms with Crippen molar-refractivity contribution in [2.45, 2.75) is 0 Å². The molecule has 0 bridgehead atoms. The Balaban J connectivity index is 1.03. The monoisotopic (exact) mass is 777 g/mol. The van der Waals surface area contributed by atoms with Gasteiger partial charge in [-0.1, -0.05) is 212 Å². The standard InChI is InChI=1S/C58H39N3/c1-6-16-40(17-7-1)41-30-32-45(33-31-41)54-38-51(37-53(59-54)44-18-8-2-9-19-44)43-28-26-42(27-29-43)49-34-35-50-39-55(46-20-10-3-11-21-46)61-58(52(50)36-49)56(47-22-12-4-13-23-47)57(60-61)48-24-14-5-15-25-48/h1-39H. The highest BCUT2D eigenvalue weighted by Gasteiger charge is 2.22. The molecule has 0 radical (unpaired) electrons. The molecule has 286 valence electrons. The number of nitrogens with zero attached hydrogens (tertiary/aromatic N) is 3. The fraction of sp³-hybridized carbons (Fsp3) is 0. The van der Waals surface area contributed by atoms with E-state index in [9.17, 15) is 0 Å². The summed E-state index contributed by atoms with van der Waals surface area (Å²) in [5.74, 6) is 0. The fourth-order valence-electron chi connectivity index (χ4n) is 8.53. The molecule has 0 fully saturated rings. The molecule has 0 saturated carbocycles. The molecule has 0 aliphatic carbocycles. The van der Waals surface area contributed by atoms with Crippen LogP contribution in [0, 0.1) is 0 Å². The minimum Gasteiger partial charge on any atom is -0.248 e. The van der Waals surface area contributed by atoms with Crippen LogP contribution < -0.4 is 0 Å². The SMILES string of the molecule is c1ccc(-c2ccc(-c3cc(-c4ccc(-c5ccc6cc(-c7ccccc7)n7nc(-c8ccccc8)c(-c8ccccc8)c7c6c5)cc4)cc(-c4ccccc4)n3)cc2)cc1. The number of hydrogen-bond acceptors (Lipinski definition) is 2. The molecule has 0 aliphatic rings. The first-order valence-corrected chi connectivity index (χ1v) is 20.7. The van der Waals surface area contributed by atoms with Crippen LogP contribution in [0.4, 0.5) is 0 Å². The lowest BCUT2D eigenvalue weighted by Crippen LogP contribution is -1.96. The quantitative estimate of drug-likeness (QED) is 0.154. The van der Waals surface area contributed by atoms with Crippen molar-refractivity contribution in [3.63, 3.8) is 0 Å². The van der Waals surface area contributed by atoms with Crippen LogP contribution in [0.15, 0.2) is 237 Å². The van der Waals surface area contributed by atoms with Gasteiger partial charge in [-0.2, -0.15) is 5.10 Å². The maximum Gasteiger partial charge on any atom is 0.101 e. The molecule has 11 rings (SSSR count). The summed E-state index contributed by atoms with van der Waals surface area (Å²) in [5, 5.41) is 7.74. The molecule has 8 aromatic carbocycles. The van der Waals surface area contributed by atoms with Crippen molar-refractivity contribution in [2.24, 2.45) is 0 Å². The molecule has 11 aromatic rings. The van der Waals surface area contributed by atoms with Crippen molar-refractivity contribution in [2.75, 3.05) is 0 Å². The van der Waals surface area contributed by atoms with Crippen molar-refractivity contribution in [1.29, 1.82) is 0 Å². The second-order valence-corrected chi connectivity index (χ2v) is 15.4. The molecular formula is C58H39N3. The Morgan fingerprint density at radius 1 is 0.295 bits per heavy atom. The number of fused-ring (bicyclic) bond motifs is 3. The fourth-order valence-corrected chi connectivity index (χ4v) is 8.53. The van der Waals surface area contributed by atoms with E-state index in [4.69, 9.17) is 10.1 Å². The van der Waals surface area contributed by atoms with Crippen LogP contribution in [0.3, 0.4) is 0 Å². The Kier molecular flexibility index (Phi) is 9.18. The molecule has 0 spiro atoms. The first-order chi connectivity index (χ1) is 30.2. The molecule has 3 aromatic heterocycles. The van der Waals surface area contributed by atoms with E-state index in [1.807, 2.05) is 6.07 Å². The highest BCUT2D eigenvalue weighted by Crippen LogP contribution is 2.42. The van der Waals surface area contributed by atoms with Gasteiger partial charge in [0.05, 0.1) is 22.6 Å². The van der Waals surface area contributed by atoms with Gasteiger partial charge < -0.3 is 0 Å². The van der Waals surface area contributed by atoms with Crippen LogP contribution >= 0.6 is 0 Å². The van der Waals surface area contributed by atoms with Crippen molar-refractivity contribution >= 4 is 16.3 Å². The summed E-state index contributed by atoms with van der Waals surface area (Å²) in [7, 11) is 0. The highest BCUT2D eigenvalue weighted by molar-refractivity contribution is 6.09. The van der Waals surface area contributed by atoms with Gasteiger partial charge in [0.15, 0.2) is 0 Å². The molecular weight excluding hydrogens is 739 g/mol. The Morgan fingerprint density at radius 2 is 0.705 bits per heavy atom. The number of aromatic nitrogens is 3. The van der Waals surface area contributed by atoms with Gasteiger partial charge in [0, 0.05) is 33.2 Å². The molecule has 61 heavy (non-hydrogen) atoms. The molecule has 0 unspecified atom stereocenters. The van der Waals surface area contributed by atoms with Gasteiger partial charge in [0.25, 0.3) is 0 Å². The molecule has 0 N–H and O–H groups in total. The minimum absolute atomic E-state index is 0.943. The van der Waals surface area contributed by atoms with Gasteiger partial charge in [0.2, 0.25) is 0 Å². The van der Waals surface area contributed by atoms with Crippen LogP contribution in [0.5, 0.6) is 0 Å². The predicted molar refractivity (Wildman–Crippen MR) is 254 cm³/mol. The lowest BCUT2D eigenvalue weighted by Gasteiger charge is -2.13. The van der Waals surface area contributed by atoms with Crippen molar-refractivity contribution in [1.82, 2.24) is 14.6 Å². The number of hydrogen-bond donors (Lipinski definition) is 0. The Bertz CT molecular complexity index is 3290. The van der Waals surface area contributed by atoms with E-state index in [0.717, 1.165) is 94.7 Å². The van der Waals surface area contributed by atoms with E-state index in [0.29, 0.717) is 0 Å². The van der Waals surface area contributed by atoms with Crippen LogP contribution in [0.1, 0.15) is 0 Å². The predicted octanol–water partition coefficient (Wildman–Crippen LogP) is 15.2.